The van der Waals surface area contributed by atoms with Crippen molar-refractivity contribution in [1.82, 2.24) is 4.98 Å². The van der Waals surface area contributed by atoms with Crippen LogP contribution < -0.4 is 10.6 Å². The third-order valence-corrected chi connectivity index (χ3v) is 3.05. The smallest absolute Gasteiger partial charge is 0.274 e. The highest BCUT2D eigenvalue weighted by molar-refractivity contribution is 9.10. The van der Waals surface area contributed by atoms with Gasteiger partial charge in [-0.3, -0.25) is 4.79 Å². The van der Waals surface area contributed by atoms with E-state index in [9.17, 15) is 9.18 Å². The summed E-state index contributed by atoms with van der Waals surface area (Å²) in [5.41, 5.74) is 1.18. The van der Waals surface area contributed by atoms with E-state index in [0.29, 0.717) is 4.47 Å². The van der Waals surface area contributed by atoms with Gasteiger partial charge in [-0.1, -0.05) is 15.9 Å². The lowest BCUT2D eigenvalue weighted by Gasteiger charge is -2.07. The Hall–Kier alpha value is -1.95. The molecule has 2 rings (SSSR count). The highest BCUT2D eigenvalue weighted by atomic mass is 79.9. The number of hydrogen-bond donors (Lipinski definition) is 2. The molecule has 1 aromatic heterocycles. The number of hydrogen-bond acceptors (Lipinski definition) is 3. The molecule has 1 amide bonds. The van der Waals surface area contributed by atoms with Gasteiger partial charge in [-0.05, 0) is 37.3 Å². The van der Waals surface area contributed by atoms with Crippen LogP contribution in [-0.4, -0.2) is 17.4 Å². The second kappa shape index (κ2) is 6.47. The van der Waals surface area contributed by atoms with Gasteiger partial charge < -0.3 is 10.6 Å². The van der Waals surface area contributed by atoms with Crippen molar-refractivity contribution in [2.45, 2.75) is 6.92 Å². The van der Waals surface area contributed by atoms with Crippen molar-refractivity contribution in [2.75, 3.05) is 17.2 Å². The summed E-state index contributed by atoms with van der Waals surface area (Å²) < 4.78 is 14.2. The van der Waals surface area contributed by atoms with E-state index in [-0.39, 0.29) is 11.4 Å². The molecule has 0 saturated heterocycles. The standard InChI is InChI=1S/C14H13BrFN3O/c1-2-17-10-4-6-13(18-8-10)14(20)19-12-5-3-9(15)7-11(12)16/h3-8,17H,2H2,1H3,(H,19,20). The second-order valence-electron chi connectivity index (χ2n) is 4.04. The number of anilines is 2. The molecule has 2 aromatic rings. The molecule has 0 spiro atoms. The molecule has 6 heteroatoms. The Labute approximate surface area is 124 Å². The monoisotopic (exact) mass is 337 g/mol. The van der Waals surface area contributed by atoms with Gasteiger partial charge in [0.05, 0.1) is 17.6 Å². The van der Waals surface area contributed by atoms with E-state index in [1.165, 1.54) is 12.1 Å². The Morgan fingerprint density at radius 3 is 2.75 bits per heavy atom. The molecular formula is C14H13BrFN3O. The van der Waals surface area contributed by atoms with Gasteiger partial charge in [0, 0.05) is 11.0 Å². The molecule has 0 unspecified atom stereocenters. The minimum atomic E-state index is -0.503. The highest BCUT2D eigenvalue weighted by Crippen LogP contribution is 2.20. The summed E-state index contributed by atoms with van der Waals surface area (Å²) in [4.78, 5) is 16.0. The molecule has 0 atom stereocenters. The van der Waals surface area contributed by atoms with Crippen molar-refractivity contribution < 1.29 is 9.18 Å². The number of carbonyl (C=O) groups excluding carboxylic acids is 1. The van der Waals surface area contributed by atoms with Gasteiger partial charge in [0.15, 0.2) is 0 Å². The predicted octanol–water partition coefficient (Wildman–Crippen LogP) is 3.67. The molecule has 0 radical (unpaired) electrons. The third-order valence-electron chi connectivity index (χ3n) is 2.56. The topological polar surface area (TPSA) is 54.0 Å². The van der Waals surface area contributed by atoms with Crippen LogP contribution in [0.3, 0.4) is 0 Å². The lowest BCUT2D eigenvalue weighted by atomic mass is 10.2. The van der Waals surface area contributed by atoms with Gasteiger partial charge in [-0.15, -0.1) is 0 Å². The molecule has 0 aliphatic carbocycles. The Balaban J connectivity index is 2.11. The second-order valence-corrected chi connectivity index (χ2v) is 4.96. The number of halogens is 2. The molecule has 1 aromatic carbocycles. The molecule has 2 N–H and O–H groups in total. The van der Waals surface area contributed by atoms with Crippen LogP contribution in [0.25, 0.3) is 0 Å². The van der Waals surface area contributed by atoms with Crippen LogP contribution in [-0.2, 0) is 0 Å². The molecule has 104 valence electrons. The van der Waals surface area contributed by atoms with Crippen LogP contribution in [0.5, 0.6) is 0 Å². The summed E-state index contributed by atoms with van der Waals surface area (Å²) in [7, 11) is 0. The predicted molar refractivity (Wildman–Crippen MR) is 80.5 cm³/mol. The van der Waals surface area contributed by atoms with E-state index in [1.807, 2.05) is 6.92 Å². The third kappa shape index (κ3) is 3.54. The summed E-state index contributed by atoms with van der Waals surface area (Å²) in [6.07, 6.45) is 1.57. The lowest BCUT2D eigenvalue weighted by molar-refractivity contribution is 0.102. The van der Waals surface area contributed by atoms with Gasteiger partial charge in [-0.2, -0.15) is 0 Å². The molecule has 20 heavy (non-hydrogen) atoms. The van der Waals surface area contributed by atoms with E-state index in [4.69, 9.17) is 0 Å². The number of rotatable bonds is 4. The summed E-state index contributed by atoms with van der Waals surface area (Å²) in [5, 5.41) is 5.57. The summed E-state index contributed by atoms with van der Waals surface area (Å²) in [5.74, 6) is -0.953. The zero-order valence-corrected chi connectivity index (χ0v) is 12.4. The SMILES string of the molecule is CCNc1ccc(C(=O)Nc2ccc(Br)cc2F)nc1. The van der Waals surface area contributed by atoms with E-state index in [1.54, 1.807) is 24.4 Å². The number of aromatic nitrogens is 1. The van der Waals surface area contributed by atoms with Crippen molar-refractivity contribution in [1.29, 1.82) is 0 Å². The summed E-state index contributed by atoms with van der Waals surface area (Å²) in [6.45, 7) is 2.74. The minimum absolute atomic E-state index is 0.121. The van der Waals surface area contributed by atoms with Gasteiger partial charge >= 0.3 is 0 Å². The van der Waals surface area contributed by atoms with Crippen molar-refractivity contribution in [3.63, 3.8) is 0 Å². The van der Waals surface area contributed by atoms with E-state index < -0.39 is 11.7 Å². The van der Waals surface area contributed by atoms with Gasteiger partial charge in [0.2, 0.25) is 0 Å². The summed E-state index contributed by atoms with van der Waals surface area (Å²) >= 11 is 3.16. The Morgan fingerprint density at radius 1 is 1.35 bits per heavy atom. The molecular weight excluding hydrogens is 325 g/mol. The normalized spacial score (nSPS) is 10.2. The van der Waals surface area contributed by atoms with Crippen molar-refractivity contribution in [3.8, 4) is 0 Å². The van der Waals surface area contributed by atoms with Gasteiger partial charge in [0.1, 0.15) is 11.5 Å². The number of carbonyl (C=O) groups is 1. The quantitative estimate of drug-likeness (QED) is 0.894. The highest BCUT2D eigenvalue weighted by Gasteiger charge is 2.10. The molecule has 1 heterocycles. The van der Waals surface area contributed by atoms with Crippen LogP contribution >= 0.6 is 15.9 Å². The zero-order chi connectivity index (χ0) is 14.5. The van der Waals surface area contributed by atoms with Crippen LogP contribution in [0, 0.1) is 5.82 Å². The first kappa shape index (κ1) is 14.5. The fraction of sp³-hybridized carbons (Fsp3) is 0.143. The molecule has 0 aliphatic rings. The largest absolute Gasteiger partial charge is 0.384 e. The molecule has 0 saturated carbocycles. The van der Waals surface area contributed by atoms with Gasteiger partial charge in [-0.25, -0.2) is 9.37 Å². The lowest BCUT2D eigenvalue weighted by Crippen LogP contribution is -2.14. The first-order chi connectivity index (χ1) is 9.60. The van der Waals surface area contributed by atoms with Gasteiger partial charge in [0.25, 0.3) is 5.91 Å². The van der Waals surface area contributed by atoms with E-state index in [0.717, 1.165) is 12.2 Å². The Kier molecular flexibility index (Phi) is 4.68. The molecule has 0 fully saturated rings. The van der Waals surface area contributed by atoms with Crippen molar-refractivity contribution in [2.24, 2.45) is 0 Å². The van der Waals surface area contributed by atoms with Crippen LogP contribution in [0.2, 0.25) is 0 Å². The average Bonchev–Trinajstić information content (AvgIpc) is 2.43. The fourth-order valence-electron chi connectivity index (χ4n) is 1.61. The maximum atomic E-state index is 13.6. The molecule has 0 bridgehead atoms. The van der Waals surface area contributed by atoms with Crippen molar-refractivity contribution >= 4 is 33.2 Å². The number of benzene rings is 1. The van der Waals surface area contributed by atoms with Crippen molar-refractivity contribution in [3.05, 3.63) is 52.5 Å². The van der Waals surface area contributed by atoms with E-state index in [2.05, 4.69) is 31.5 Å². The van der Waals surface area contributed by atoms with Crippen LogP contribution in [0.15, 0.2) is 41.0 Å². The number of pyridine rings is 1. The fourth-order valence-corrected chi connectivity index (χ4v) is 1.95. The van der Waals surface area contributed by atoms with Crippen LogP contribution in [0.1, 0.15) is 17.4 Å². The first-order valence-corrected chi connectivity index (χ1v) is 6.85. The number of nitrogens with one attached hydrogen (secondary N) is 2. The van der Waals surface area contributed by atoms with E-state index >= 15 is 0 Å². The maximum Gasteiger partial charge on any atom is 0.274 e. The number of amides is 1. The number of nitrogens with zero attached hydrogens (tertiary/aromatic N) is 1. The Bertz CT molecular complexity index is 616. The molecule has 4 nitrogen and oxygen atoms in total. The first-order valence-electron chi connectivity index (χ1n) is 6.06. The average molecular weight is 338 g/mol. The summed E-state index contributed by atoms with van der Waals surface area (Å²) in [6, 6.07) is 7.77. The maximum absolute atomic E-state index is 13.6. The minimum Gasteiger partial charge on any atom is -0.384 e. The van der Waals surface area contributed by atoms with Crippen LogP contribution in [0.4, 0.5) is 15.8 Å². The Morgan fingerprint density at radius 2 is 2.15 bits per heavy atom. The zero-order valence-electron chi connectivity index (χ0n) is 10.8. The molecule has 0 aliphatic heterocycles.